The van der Waals surface area contributed by atoms with Crippen molar-refractivity contribution in [3.63, 3.8) is 0 Å². The quantitative estimate of drug-likeness (QED) is 0.765. The zero-order valence-corrected chi connectivity index (χ0v) is 14.7. The minimum atomic E-state index is 0.621. The minimum absolute atomic E-state index is 0.621. The number of anilines is 2. The first-order valence-corrected chi connectivity index (χ1v) is 8.68. The van der Waals surface area contributed by atoms with Gasteiger partial charge in [-0.3, -0.25) is 9.88 Å². The summed E-state index contributed by atoms with van der Waals surface area (Å²) in [5, 5.41) is 3.25. The smallest absolute Gasteiger partial charge is 0.227 e. The summed E-state index contributed by atoms with van der Waals surface area (Å²) in [5.74, 6) is 1.42. The fourth-order valence-corrected chi connectivity index (χ4v) is 3.12. The van der Waals surface area contributed by atoms with E-state index in [9.17, 15) is 0 Å². The number of hydrogen-bond acceptors (Lipinski definition) is 6. The van der Waals surface area contributed by atoms with Gasteiger partial charge in [-0.25, -0.2) is 9.97 Å². The maximum atomic E-state index is 5.25. The topological polar surface area (TPSA) is 63.2 Å². The molecule has 6 nitrogen and oxygen atoms in total. The number of aromatic nitrogens is 3. The van der Waals surface area contributed by atoms with Crippen LogP contribution in [0, 0.1) is 0 Å². The fourth-order valence-electron chi connectivity index (χ4n) is 3.12. The van der Waals surface area contributed by atoms with Crippen LogP contribution in [0.1, 0.15) is 17.0 Å². The Labute approximate surface area is 152 Å². The van der Waals surface area contributed by atoms with Crippen molar-refractivity contribution in [3.8, 4) is 5.75 Å². The van der Waals surface area contributed by atoms with Crippen molar-refractivity contribution in [3.05, 3.63) is 71.8 Å². The molecule has 3 heterocycles. The molecule has 6 heteroatoms. The van der Waals surface area contributed by atoms with Crippen molar-refractivity contribution in [1.29, 1.82) is 0 Å². The SMILES string of the molecule is COc1cccc(Nc2ncc3c(n2)CCN(Cc2ccccn2)C3)c1. The first-order valence-electron chi connectivity index (χ1n) is 8.68. The van der Waals surface area contributed by atoms with Crippen LogP contribution in [0.5, 0.6) is 5.75 Å². The van der Waals surface area contributed by atoms with Gasteiger partial charge in [0.1, 0.15) is 5.75 Å². The van der Waals surface area contributed by atoms with Crippen LogP contribution in [-0.2, 0) is 19.5 Å². The maximum Gasteiger partial charge on any atom is 0.227 e. The molecule has 0 atom stereocenters. The van der Waals surface area contributed by atoms with Gasteiger partial charge in [-0.1, -0.05) is 12.1 Å². The normalized spacial score (nSPS) is 13.9. The summed E-state index contributed by atoms with van der Waals surface area (Å²) in [6.07, 6.45) is 4.68. The van der Waals surface area contributed by atoms with Crippen LogP contribution in [0.4, 0.5) is 11.6 Å². The van der Waals surface area contributed by atoms with Crippen LogP contribution < -0.4 is 10.1 Å². The molecule has 0 unspecified atom stereocenters. The number of ether oxygens (including phenoxy) is 1. The molecule has 1 aliphatic heterocycles. The average Bonchev–Trinajstić information content (AvgIpc) is 2.69. The highest BCUT2D eigenvalue weighted by molar-refractivity contribution is 5.56. The molecule has 2 aromatic heterocycles. The molecule has 1 aliphatic rings. The predicted molar refractivity (Wildman–Crippen MR) is 100 cm³/mol. The van der Waals surface area contributed by atoms with Gasteiger partial charge >= 0.3 is 0 Å². The second kappa shape index (κ2) is 7.49. The van der Waals surface area contributed by atoms with E-state index in [4.69, 9.17) is 9.72 Å². The Morgan fingerprint density at radius 1 is 1.15 bits per heavy atom. The Kier molecular flexibility index (Phi) is 4.75. The summed E-state index contributed by atoms with van der Waals surface area (Å²) in [6, 6.07) is 13.8. The Morgan fingerprint density at radius 2 is 2.12 bits per heavy atom. The lowest BCUT2D eigenvalue weighted by atomic mass is 10.1. The molecule has 0 spiro atoms. The number of fused-ring (bicyclic) bond motifs is 1. The molecule has 0 saturated heterocycles. The minimum Gasteiger partial charge on any atom is -0.497 e. The van der Waals surface area contributed by atoms with E-state index >= 15 is 0 Å². The summed E-state index contributed by atoms with van der Waals surface area (Å²) < 4.78 is 5.25. The van der Waals surface area contributed by atoms with Crippen molar-refractivity contribution in [2.24, 2.45) is 0 Å². The summed E-state index contributed by atoms with van der Waals surface area (Å²) in [7, 11) is 1.66. The number of nitrogens with zero attached hydrogens (tertiary/aromatic N) is 4. The molecule has 26 heavy (non-hydrogen) atoms. The van der Waals surface area contributed by atoms with Gasteiger partial charge in [-0.05, 0) is 24.3 Å². The summed E-state index contributed by atoms with van der Waals surface area (Å²) in [4.78, 5) is 16.0. The van der Waals surface area contributed by atoms with Crippen molar-refractivity contribution < 1.29 is 4.74 Å². The lowest BCUT2D eigenvalue weighted by Gasteiger charge is -2.27. The number of methoxy groups -OCH3 is 1. The monoisotopic (exact) mass is 347 g/mol. The highest BCUT2D eigenvalue weighted by Gasteiger charge is 2.19. The van der Waals surface area contributed by atoms with Crippen LogP contribution in [0.15, 0.2) is 54.9 Å². The highest BCUT2D eigenvalue weighted by atomic mass is 16.5. The molecule has 1 aromatic carbocycles. The third-order valence-corrected chi connectivity index (χ3v) is 4.45. The molecule has 0 fully saturated rings. The maximum absolute atomic E-state index is 5.25. The first kappa shape index (κ1) is 16.5. The molecule has 0 amide bonds. The Hall–Kier alpha value is -2.99. The van der Waals surface area contributed by atoms with E-state index in [0.29, 0.717) is 5.95 Å². The summed E-state index contributed by atoms with van der Waals surface area (Å²) >= 11 is 0. The van der Waals surface area contributed by atoms with Crippen LogP contribution in [0.3, 0.4) is 0 Å². The Balaban J connectivity index is 1.45. The van der Waals surface area contributed by atoms with Crippen LogP contribution in [-0.4, -0.2) is 33.5 Å². The van der Waals surface area contributed by atoms with E-state index in [0.717, 1.165) is 48.9 Å². The number of pyridine rings is 1. The molecule has 0 aliphatic carbocycles. The molecular weight excluding hydrogens is 326 g/mol. The first-order chi connectivity index (χ1) is 12.8. The third kappa shape index (κ3) is 3.81. The van der Waals surface area contributed by atoms with Crippen molar-refractivity contribution in [2.75, 3.05) is 19.0 Å². The van der Waals surface area contributed by atoms with E-state index in [2.05, 4.69) is 26.3 Å². The van der Waals surface area contributed by atoms with Crippen molar-refractivity contribution in [1.82, 2.24) is 19.9 Å². The van der Waals surface area contributed by atoms with Crippen LogP contribution >= 0.6 is 0 Å². The Morgan fingerprint density at radius 3 is 2.96 bits per heavy atom. The summed E-state index contributed by atoms with van der Waals surface area (Å²) in [6.45, 7) is 2.68. The van der Waals surface area contributed by atoms with Crippen molar-refractivity contribution >= 4 is 11.6 Å². The number of benzene rings is 1. The van der Waals surface area contributed by atoms with Crippen LogP contribution in [0.25, 0.3) is 0 Å². The van der Waals surface area contributed by atoms with E-state index in [1.54, 1.807) is 7.11 Å². The lowest BCUT2D eigenvalue weighted by molar-refractivity contribution is 0.240. The largest absolute Gasteiger partial charge is 0.497 e. The van der Waals surface area contributed by atoms with E-state index in [1.807, 2.05) is 48.8 Å². The van der Waals surface area contributed by atoms with Gasteiger partial charge in [0.25, 0.3) is 0 Å². The second-order valence-corrected chi connectivity index (χ2v) is 6.30. The Bertz CT molecular complexity index is 884. The number of rotatable bonds is 5. The highest BCUT2D eigenvalue weighted by Crippen LogP contribution is 2.22. The second-order valence-electron chi connectivity index (χ2n) is 6.30. The van der Waals surface area contributed by atoms with E-state index in [1.165, 1.54) is 5.56 Å². The van der Waals surface area contributed by atoms with Gasteiger partial charge in [0.05, 0.1) is 18.5 Å². The average molecular weight is 347 g/mol. The number of hydrogen-bond donors (Lipinski definition) is 1. The standard InChI is InChI=1S/C20H21N5O/c1-26-18-7-4-6-16(11-18)23-20-22-12-15-13-25(10-8-19(15)24-20)14-17-5-2-3-9-21-17/h2-7,9,11-12H,8,10,13-14H2,1H3,(H,22,23,24). The predicted octanol–water partition coefficient (Wildman–Crippen LogP) is 3.18. The molecule has 132 valence electrons. The lowest BCUT2D eigenvalue weighted by Crippen LogP contribution is -2.31. The van der Waals surface area contributed by atoms with Gasteiger partial charge in [-0.2, -0.15) is 0 Å². The van der Waals surface area contributed by atoms with Gasteiger partial charge in [0.2, 0.25) is 5.95 Å². The zero-order chi connectivity index (χ0) is 17.8. The molecule has 1 N–H and O–H groups in total. The van der Waals surface area contributed by atoms with Gasteiger partial charge in [-0.15, -0.1) is 0 Å². The third-order valence-electron chi connectivity index (χ3n) is 4.45. The molecule has 0 bridgehead atoms. The van der Waals surface area contributed by atoms with E-state index in [-0.39, 0.29) is 0 Å². The number of nitrogens with one attached hydrogen (secondary N) is 1. The van der Waals surface area contributed by atoms with Gasteiger partial charge in [0, 0.05) is 55.8 Å². The molecular formula is C20H21N5O. The van der Waals surface area contributed by atoms with Crippen LogP contribution in [0.2, 0.25) is 0 Å². The molecule has 4 rings (SSSR count). The van der Waals surface area contributed by atoms with Gasteiger partial charge < -0.3 is 10.1 Å². The summed E-state index contributed by atoms with van der Waals surface area (Å²) in [5.41, 5.74) is 4.30. The van der Waals surface area contributed by atoms with Gasteiger partial charge in [0.15, 0.2) is 0 Å². The van der Waals surface area contributed by atoms with Crippen molar-refractivity contribution in [2.45, 2.75) is 19.5 Å². The molecule has 3 aromatic rings. The van der Waals surface area contributed by atoms with E-state index < -0.39 is 0 Å². The fraction of sp³-hybridized carbons (Fsp3) is 0.250. The molecule has 0 radical (unpaired) electrons. The molecule has 0 saturated carbocycles. The zero-order valence-electron chi connectivity index (χ0n) is 14.7.